The molecule has 5 amide bonds. The van der Waals surface area contributed by atoms with Gasteiger partial charge in [0.1, 0.15) is 61.3 Å². The fourth-order valence-electron chi connectivity index (χ4n) is 12.9. The number of aromatic hydroxyl groups is 1. The van der Waals surface area contributed by atoms with Crippen LogP contribution in [0, 0.1) is 0 Å². The molecule has 110 heavy (non-hydrogen) atoms. The molecule has 4 aromatic rings. The number of nitrogens with one attached hydrogen (secondary N) is 4. The number of rotatable bonds is 31. The van der Waals surface area contributed by atoms with Crippen molar-refractivity contribution in [1.82, 2.24) is 20.4 Å². The molecule has 4 aromatic carbocycles. The minimum Gasteiger partial charge on any atom is -0.504 e. The summed E-state index contributed by atoms with van der Waals surface area (Å²) in [6.45, 7) is 18.9. The number of carbonyl (C=O) groups excluding carboxylic acids is 5. The average molecular weight is 1550 g/mol. The summed E-state index contributed by atoms with van der Waals surface area (Å²) in [7, 11) is 2.84. The molecule has 0 radical (unpaired) electrons. The molecule has 1 unspecified atom stereocenters. The monoisotopic (exact) mass is 1540 g/mol. The summed E-state index contributed by atoms with van der Waals surface area (Å²) in [6.07, 6.45) is -21.0. The number of hydrogen-bond acceptors (Lipinski definition) is 29. The molecular weight excluding hydrogens is 1450 g/mol. The molecule has 0 bridgehead atoms. The van der Waals surface area contributed by atoms with Crippen molar-refractivity contribution >= 4 is 58.9 Å². The molecule has 6 heterocycles. The summed E-state index contributed by atoms with van der Waals surface area (Å²) in [5.41, 5.74) is 1.53. The SMILES string of the molecule is C=C1CC(C2OCCO2)N(C(=O)c2cc(O)c(OCCCCCOc3cc(NC(=O)OCc4ccc(O[C@@H]5O[C@H](C(=O)O)[C@@H](O)[C@H](O)[C@H]5O)c(C(=O)NC(C)(C)C)c4)c(C(=C)N4CC(=C)C[C@H]4C4OCCO4)cc3OC)cc2NC(=O)OCc2ccc(O[C@@H]3O[C@H](C(=O)O)[C@@H](O)[C@H](O)[C@H]3O)c(C(=O)NCCOC)c2)C1. The predicted molar refractivity (Wildman–Crippen MR) is 381 cm³/mol. The van der Waals surface area contributed by atoms with E-state index in [0.717, 1.165) is 11.6 Å². The van der Waals surface area contributed by atoms with Crippen molar-refractivity contribution in [3.63, 3.8) is 0 Å². The first-order valence-electron chi connectivity index (χ1n) is 35.2. The molecule has 0 aromatic heterocycles. The Morgan fingerprint density at radius 2 is 1.02 bits per heavy atom. The number of unbranched alkanes of at least 4 members (excludes halogenated alkanes) is 2. The van der Waals surface area contributed by atoms with Crippen LogP contribution in [-0.2, 0) is 65.4 Å². The number of hydrogen-bond donors (Lipinski definition) is 13. The van der Waals surface area contributed by atoms with Gasteiger partial charge in [-0.15, -0.1) is 0 Å². The Kier molecular flexibility index (Phi) is 27.6. The fraction of sp³-hybridized carbons (Fsp3) is 0.500. The number of phenols is 1. The number of benzene rings is 4. The number of carbonyl (C=O) groups is 7. The molecule has 6 saturated heterocycles. The molecular formula is C74H92N6O30. The van der Waals surface area contributed by atoms with Crippen LogP contribution in [0.4, 0.5) is 21.0 Å². The highest BCUT2D eigenvalue weighted by Gasteiger charge is 2.50. The third-order valence-corrected chi connectivity index (χ3v) is 18.3. The third-order valence-electron chi connectivity index (χ3n) is 18.3. The zero-order chi connectivity index (χ0) is 79.4. The van der Waals surface area contributed by atoms with Crippen LogP contribution in [0.25, 0.3) is 5.70 Å². The summed E-state index contributed by atoms with van der Waals surface area (Å²) < 4.78 is 80.2. The Morgan fingerprint density at radius 3 is 1.51 bits per heavy atom. The quantitative estimate of drug-likeness (QED) is 0.0196. The molecule has 6 aliphatic heterocycles. The van der Waals surface area contributed by atoms with Crippen molar-refractivity contribution in [2.75, 3.05) is 90.7 Å². The highest BCUT2D eigenvalue weighted by Crippen LogP contribution is 2.43. The number of nitrogens with zero attached hydrogens (tertiary/aromatic N) is 2. The van der Waals surface area contributed by atoms with Gasteiger partial charge in [0.2, 0.25) is 12.6 Å². The number of carboxylic acids is 2. The maximum Gasteiger partial charge on any atom is 0.411 e. The second-order valence-electron chi connectivity index (χ2n) is 27.7. The molecule has 0 spiro atoms. The number of anilines is 2. The van der Waals surface area contributed by atoms with Crippen LogP contribution < -0.4 is 45.0 Å². The fourth-order valence-corrected chi connectivity index (χ4v) is 12.9. The van der Waals surface area contributed by atoms with Gasteiger partial charge in [-0.05, 0) is 100 Å². The van der Waals surface area contributed by atoms with Gasteiger partial charge in [0.25, 0.3) is 17.7 Å². The second-order valence-corrected chi connectivity index (χ2v) is 27.7. The standard InChI is InChI=1S/C74H92N6O30/c1-36-24-47(68-101-20-21-102-68)79(32-36)38(3)41-29-53(98-8)54(31-45(41)76-72(95)105-35-40-13-15-51(44(27-40)64(89)78-74(4,5)6)108-71-60(87)56(83)58(85)62(110-71)67(93)94)100-18-11-9-10-17-99-52-30-46(42(28-49(52)81)65(90)80-33-37(2)25-48(80)69-103-22-23-104-69)77-73(96)106-34-39-12-14-50(43(26-39)63(88)75-16-19-97-7)107-70-59(86)55(82)57(84)61(109-70)66(91)92/h12-15,26-31,47-48,55-62,68-71,81-87H,1-3,9-11,16-25,32-35H2,4-8H3,(H,75,88)(H,76,95)(H,77,96)(H,78,89)(H,91,92)(H,93,94)/t47-,48?,55-,56-,57-,58-,59+,60+,61-,62-,70+,71+/m0/s1. The maximum absolute atomic E-state index is 14.6. The first kappa shape index (κ1) is 82.6. The van der Waals surface area contributed by atoms with Gasteiger partial charge in [-0.2, -0.15) is 0 Å². The highest BCUT2D eigenvalue weighted by atomic mass is 16.7. The molecule has 598 valence electrons. The minimum absolute atomic E-state index is 0.00342. The van der Waals surface area contributed by atoms with Gasteiger partial charge in [-0.1, -0.05) is 43.0 Å². The number of aliphatic hydroxyl groups excluding tert-OH is 6. The molecule has 36 nitrogen and oxygen atoms in total. The Bertz CT molecular complexity index is 4050. The van der Waals surface area contributed by atoms with Crippen LogP contribution in [0.15, 0.2) is 91.5 Å². The molecule has 0 saturated carbocycles. The van der Waals surface area contributed by atoms with E-state index in [-0.39, 0.29) is 120 Å². The van der Waals surface area contributed by atoms with E-state index >= 15 is 0 Å². The van der Waals surface area contributed by atoms with Crippen LogP contribution in [0.5, 0.6) is 34.5 Å². The normalized spacial score (nSPS) is 24.3. The van der Waals surface area contributed by atoms with Crippen LogP contribution in [0.1, 0.15) is 101 Å². The number of aliphatic carboxylic acids is 2. The van der Waals surface area contributed by atoms with Crippen molar-refractivity contribution in [2.24, 2.45) is 0 Å². The Hall–Kier alpha value is -9.93. The summed E-state index contributed by atoms with van der Waals surface area (Å²) in [4.78, 5) is 97.1. The van der Waals surface area contributed by atoms with E-state index in [4.69, 9.17) is 66.3 Å². The maximum atomic E-state index is 14.6. The summed E-state index contributed by atoms with van der Waals surface area (Å²) in [6, 6.07) is 12.6. The lowest BCUT2D eigenvalue weighted by atomic mass is 9.99. The number of carboxylic acid groups (broad SMARTS) is 2. The molecule has 0 aliphatic carbocycles. The first-order chi connectivity index (χ1) is 52.4. The van der Waals surface area contributed by atoms with Crippen molar-refractivity contribution < 1.29 is 146 Å². The van der Waals surface area contributed by atoms with Gasteiger partial charge in [-0.25, -0.2) is 19.2 Å². The van der Waals surface area contributed by atoms with Gasteiger partial charge >= 0.3 is 24.1 Å². The largest absolute Gasteiger partial charge is 0.504 e. The van der Waals surface area contributed by atoms with E-state index < -0.39 is 146 Å². The lowest BCUT2D eigenvalue weighted by Crippen LogP contribution is -2.61. The van der Waals surface area contributed by atoms with Crippen LogP contribution in [0.3, 0.4) is 0 Å². The minimum atomic E-state index is -2.02. The molecule has 12 atom stereocenters. The second kappa shape index (κ2) is 36.7. The highest BCUT2D eigenvalue weighted by molar-refractivity contribution is 6.04. The number of ether oxygens (including phenoxy) is 14. The summed E-state index contributed by atoms with van der Waals surface area (Å²) >= 11 is 0. The first-order valence-corrected chi connectivity index (χ1v) is 35.2. The lowest BCUT2D eigenvalue weighted by Gasteiger charge is -2.38. The van der Waals surface area contributed by atoms with E-state index in [2.05, 4.69) is 41.0 Å². The van der Waals surface area contributed by atoms with Crippen molar-refractivity contribution in [3.8, 4) is 34.5 Å². The van der Waals surface area contributed by atoms with Gasteiger partial charge in [-0.3, -0.25) is 25.0 Å². The van der Waals surface area contributed by atoms with Crippen molar-refractivity contribution in [2.45, 2.75) is 158 Å². The van der Waals surface area contributed by atoms with Crippen molar-refractivity contribution in [3.05, 3.63) is 125 Å². The average Bonchev–Trinajstić information content (AvgIpc) is 1.06. The topological polar surface area (TPSA) is 485 Å². The van der Waals surface area contributed by atoms with Gasteiger partial charge < -0.3 is 133 Å². The number of amides is 5. The van der Waals surface area contributed by atoms with Crippen molar-refractivity contribution in [1.29, 1.82) is 0 Å². The molecule has 6 fully saturated rings. The Morgan fingerprint density at radius 1 is 0.545 bits per heavy atom. The van der Waals surface area contributed by atoms with Crippen LogP contribution in [0.2, 0.25) is 0 Å². The van der Waals surface area contributed by atoms with E-state index in [9.17, 15) is 79.5 Å². The smallest absolute Gasteiger partial charge is 0.411 e. The Balaban J connectivity index is 0.822. The molecule has 36 heteroatoms. The molecule has 10 rings (SSSR count). The summed E-state index contributed by atoms with van der Waals surface area (Å²) in [5, 5.41) is 104. The summed E-state index contributed by atoms with van der Waals surface area (Å²) in [5.74, 6) is -6.02. The van der Waals surface area contributed by atoms with Gasteiger partial charge in [0.15, 0.2) is 47.8 Å². The Labute approximate surface area is 630 Å². The third kappa shape index (κ3) is 20.2. The van der Waals surface area contributed by atoms with E-state index in [1.807, 2.05) is 4.90 Å². The zero-order valence-electron chi connectivity index (χ0n) is 61.0. The number of phenolic OH excluding ortho intramolecular Hbond substituents is 1. The van der Waals surface area contributed by atoms with E-state index in [1.165, 1.54) is 67.7 Å². The number of methoxy groups -OCH3 is 2. The van der Waals surface area contributed by atoms with E-state index in [1.54, 1.807) is 26.8 Å². The molecule has 6 aliphatic rings. The number of aliphatic hydroxyl groups is 6. The van der Waals surface area contributed by atoms with Crippen LogP contribution >= 0.6 is 0 Å². The van der Waals surface area contributed by atoms with Gasteiger partial charge in [0.05, 0.1) is 93.5 Å². The van der Waals surface area contributed by atoms with E-state index in [0.29, 0.717) is 68.7 Å². The zero-order valence-corrected chi connectivity index (χ0v) is 61.0. The lowest BCUT2D eigenvalue weighted by molar-refractivity contribution is -0.271. The number of likely N-dealkylation sites (tertiary alicyclic amines) is 2. The molecule has 13 N–H and O–H groups in total. The van der Waals surface area contributed by atoms with Crippen LogP contribution in [-0.4, -0.2) is 269 Å². The predicted octanol–water partition coefficient (Wildman–Crippen LogP) is 3.09. The van der Waals surface area contributed by atoms with Gasteiger partial charge in [0, 0.05) is 55.7 Å².